The zero-order valence-electron chi connectivity index (χ0n) is 15.1. The Morgan fingerprint density at radius 1 is 1.04 bits per heavy atom. The first kappa shape index (κ1) is 17.6. The molecule has 6 nitrogen and oxygen atoms in total. The maximum absolute atomic E-state index is 13.3. The third kappa shape index (κ3) is 4.14. The molecule has 4 rings (SSSR count). The molecule has 0 N–H and O–H groups in total. The summed E-state index contributed by atoms with van der Waals surface area (Å²) in [7, 11) is 0. The zero-order valence-corrected chi connectivity index (χ0v) is 15.1. The number of carbonyl (C=O) groups is 1. The van der Waals surface area contributed by atoms with Gasteiger partial charge in [0.1, 0.15) is 11.3 Å². The van der Waals surface area contributed by atoms with Crippen LogP contribution < -0.4 is 0 Å². The topological polar surface area (TPSA) is 54.3 Å². The molecule has 7 heteroatoms. The minimum atomic E-state index is -0.207. The average molecular weight is 367 g/mol. The zero-order chi connectivity index (χ0) is 18.6. The second-order valence-electron chi connectivity index (χ2n) is 6.84. The number of nitrogens with zero attached hydrogens (tertiary/aromatic N) is 5. The summed E-state index contributed by atoms with van der Waals surface area (Å²) in [6.07, 6.45) is 0.414. The predicted molar refractivity (Wildman–Crippen MR) is 100 cm³/mol. The number of carbonyl (C=O) groups excluding carboxylic acids is 1. The molecule has 2 heterocycles. The quantitative estimate of drug-likeness (QED) is 0.694. The third-order valence-electron chi connectivity index (χ3n) is 4.98. The molecule has 0 atom stereocenters. The molecule has 140 valence electrons. The number of rotatable bonds is 5. The van der Waals surface area contributed by atoms with Gasteiger partial charge in [-0.15, -0.1) is 5.10 Å². The van der Waals surface area contributed by atoms with Gasteiger partial charge in [-0.25, -0.2) is 9.07 Å². The van der Waals surface area contributed by atoms with Crippen LogP contribution in [0.15, 0.2) is 48.5 Å². The maximum atomic E-state index is 13.3. The van der Waals surface area contributed by atoms with E-state index in [1.165, 1.54) is 6.07 Å². The molecule has 0 bridgehead atoms. The molecule has 0 aliphatic carbocycles. The first-order chi connectivity index (χ1) is 13.2. The van der Waals surface area contributed by atoms with E-state index in [1.807, 2.05) is 35.2 Å². The lowest BCUT2D eigenvalue weighted by Gasteiger charge is -2.34. The Balaban J connectivity index is 1.27. The van der Waals surface area contributed by atoms with Crippen molar-refractivity contribution in [2.75, 3.05) is 26.2 Å². The van der Waals surface area contributed by atoms with Crippen molar-refractivity contribution in [2.24, 2.45) is 0 Å². The molecule has 0 spiro atoms. The van der Waals surface area contributed by atoms with Crippen LogP contribution in [-0.4, -0.2) is 56.9 Å². The first-order valence-electron chi connectivity index (χ1n) is 9.22. The number of halogens is 1. The molecule has 0 unspecified atom stereocenters. The van der Waals surface area contributed by atoms with E-state index in [2.05, 4.69) is 15.2 Å². The molecule has 1 saturated heterocycles. The second-order valence-corrected chi connectivity index (χ2v) is 6.84. The van der Waals surface area contributed by atoms with Gasteiger partial charge in [0, 0.05) is 39.1 Å². The van der Waals surface area contributed by atoms with Crippen molar-refractivity contribution >= 4 is 16.9 Å². The smallest absolute Gasteiger partial charge is 0.224 e. The maximum Gasteiger partial charge on any atom is 0.224 e. The molecular formula is C20H22FN5O. The Morgan fingerprint density at radius 3 is 2.67 bits per heavy atom. The van der Waals surface area contributed by atoms with Gasteiger partial charge in [0.05, 0.1) is 12.1 Å². The normalized spacial score (nSPS) is 15.4. The SMILES string of the molecule is O=C(CCn1nnc2ccccc21)N1CCN(Cc2cccc(F)c2)CC1. The van der Waals surface area contributed by atoms with E-state index in [-0.39, 0.29) is 11.7 Å². The van der Waals surface area contributed by atoms with E-state index >= 15 is 0 Å². The Kier molecular flexibility index (Phi) is 5.11. The highest BCUT2D eigenvalue weighted by Gasteiger charge is 2.21. The summed E-state index contributed by atoms with van der Waals surface area (Å²) in [5.74, 6) is -0.0677. The number of aryl methyl sites for hydroxylation is 1. The van der Waals surface area contributed by atoms with E-state index in [1.54, 1.807) is 16.8 Å². The number of fused-ring (bicyclic) bond motifs is 1. The minimum absolute atomic E-state index is 0.139. The van der Waals surface area contributed by atoms with Gasteiger partial charge in [-0.3, -0.25) is 9.69 Å². The van der Waals surface area contributed by atoms with Gasteiger partial charge in [0.15, 0.2) is 0 Å². The lowest BCUT2D eigenvalue weighted by molar-refractivity contribution is -0.133. The number of piperazine rings is 1. The first-order valence-corrected chi connectivity index (χ1v) is 9.22. The standard InChI is InChI=1S/C20H22FN5O/c21-17-5-3-4-16(14-17)15-24-10-12-25(13-11-24)20(27)8-9-26-19-7-2-1-6-18(19)22-23-26/h1-7,14H,8-13,15H2. The fraction of sp³-hybridized carbons (Fsp3) is 0.350. The summed E-state index contributed by atoms with van der Waals surface area (Å²) >= 11 is 0. The van der Waals surface area contributed by atoms with Crippen molar-refractivity contribution in [1.29, 1.82) is 0 Å². The van der Waals surface area contributed by atoms with Crippen molar-refractivity contribution in [2.45, 2.75) is 19.5 Å². The summed E-state index contributed by atoms with van der Waals surface area (Å²) < 4.78 is 15.1. The van der Waals surface area contributed by atoms with Crippen molar-refractivity contribution in [1.82, 2.24) is 24.8 Å². The van der Waals surface area contributed by atoms with Crippen LogP contribution in [0.2, 0.25) is 0 Å². The lowest BCUT2D eigenvalue weighted by Crippen LogP contribution is -2.48. The highest BCUT2D eigenvalue weighted by molar-refractivity contribution is 5.77. The Bertz CT molecular complexity index is 933. The Morgan fingerprint density at radius 2 is 1.85 bits per heavy atom. The molecule has 2 aromatic carbocycles. The summed E-state index contributed by atoms with van der Waals surface area (Å²) in [5, 5.41) is 8.26. The van der Waals surface area contributed by atoms with Crippen LogP contribution in [0.1, 0.15) is 12.0 Å². The second kappa shape index (κ2) is 7.84. The Hall–Kier alpha value is -2.80. The summed E-state index contributed by atoms with van der Waals surface area (Å²) in [6, 6.07) is 14.4. The summed E-state index contributed by atoms with van der Waals surface area (Å²) in [5.41, 5.74) is 2.76. The van der Waals surface area contributed by atoms with Crippen LogP contribution in [0.25, 0.3) is 11.0 Å². The molecular weight excluding hydrogens is 345 g/mol. The van der Waals surface area contributed by atoms with Crippen LogP contribution >= 0.6 is 0 Å². The van der Waals surface area contributed by atoms with E-state index < -0.39 is 0 Å². The van der Waals surface area contributed by atoms with Crippen LogP contribution in [0, 0.1) is 5.82 Å². The number of benzene rings is 2. The van der Waals surface area contributed by atoms with Gasteiger partial charge < -0.3 is 4.90 Å². The average Bonchev–Trinajstić information content (AvgIpc) is 3.10. The molecule has 1 amide bonds. The van der Waals surface area contributed by atoms with E-state index in [0.717, 1.165) is 29.7 Å². The number of amides is 1. The number of hydrogen-bond donors (Lipinski definition) is 0. The van der Waals surface area contributed by atoms with Crippen LogP contribution in [0.5, 0.6) is 0 Å². The monoisotopic (exact) mass is 367 g/mol. The van der Waals surface area contributed by atoms with Crippen LogP contribution in [0.3, 0.4) is 0 Å². The molecule has 1 aliphatic heterocycles. The van der Waals surface area contributed by atoms with Gasteiger partial charge >= 0.3 is 0 Å². The number of para-hydroxylation sites is 1. The largest absolute Gasteiger partial charge is 0.340 e. The molecule has 3 aromatic rings. The molecule has 0 saturated carbocycles. The van der Waals surface area contributed by atoms with Gasteiger partial charge in [-0.05, 0) is 29.8 Å². The van der Waals surface area contributed by atoms with Crippen LogP contribution in [0.4, 0.5) is 4.39 Å². The fourth-order valence-electron chi connectivity index (χ4n) is 3.49. The van der Waals surface area contributed by atoms with Crippen molar-refractivity contribution in [3.8, 4) is 0 Å². The molecule has 27 heavy (non-hydrogen) atoms. The predicted octanol–water partition coefficient (Wildman–Crippen LogP) is 2.30. The summed E-state index contributed by atoms with van der Waals surface area (Å²) in [6.45, 7) is 4.25. The van der Waals surface area contributed by atoms with Crippen molar-refractivity contribution in [3.05, 3.63) is 59.9 Å². The van der Waals surface area contributed by atoms with E-state index in [9.17, 15) is 9.18 Å². The highest BCUT2D eigenvalue weighted by atomic mass is 19.1. The van der Waals surface area contributed by atoms with Gasteiger partial charge in [0.25, 0.3) is 0 Å². The molecule has 1 aromatic heterocycles. The van der Waals surface area contributed by atoms with Crippen LogP contribution in [-0.2, 0) is 17.9 Å². The van der Waals surface area contributed by atoms with Crippen molar-refractivity contribution in [3.63, 3.8) is 0 Å². The lowest BCUT2D eigenvalue weighted by atomic mass is 10.2. The van der Waals surface area contributed by atoms with E-state index in [4.69, 9.17) is 0 Å². The third-order valence-corrected chi connectivity index (χ3v) is 4.98. The van der Waals surface area contributed by atoms with Gasteiger partial charge in [-0.2, -0.15) is 0 Å². The molecule has 1 fully saturated rings. The number of aromatic nitrogens is 3. The van der Waals surface area contributed by atoms with Gasteiger partial charge in [0.2, 0.25) is 5.91 Å². The van der Waals surface area contributed by atoms with Crippen molar-refractivity contribution < 1.29 is 9.18 Å². The highest BCUT2D eigenvalue weighted by Crippen LogP contribution is 2.13. The fourth-order valence-corrected chi connectivity index (χ4v) is 3.49. The Labute approximate surface area is 157 Å². The molecule has 1 aliphatic rings. The molecule has 0 radical (unpaired) electrons. The minimum Gasteiger partial charge on any atom is -0.340 e. The summed E-state index contributed by atoms with van der Waals surface area (Å²) in [4.78, 5) is 16.7. The number of hydrogen-bond acceptors (Lipinski definition) is 4. The van der Waals surface area contributed by atoms with E-state index in [0.29, 0.717) is 32.6 Å². The van der Waals surface area contributed by atoms with Gasteiger partial charge in [-0.1, -0.05) is 29.5 Å².